The monoisotopic (exact) mass is 316 g/mol. The van der Waals surface area contributed by atoms with E-state index in [0.717, 1.165) is 36.9 Å². The molecule has 0 saturated heterocycles. The zero-order valence-electron chi connectivity index (χ0n) is 14.0. The molecular weight excluding hydrogens is 292 g/mol. The lowest BCUT2D eigenvalue weighted by Gasteiger charge is -2.29. The highest BCUT2D eigenvalue weighted by Crippen LogP contribution is 2.33. The third-order valence-corrected chi connectivity index (χ3v) is 4.13. The van der Waals surface area contributed by atoms with Gasteiger partial charge >= 0.3 is 6.09 Å². The van der Waals surface area contributed by atoms with Gasteiger partial charge in [-0.15, -0.1) is 5.10 Å². The van der Waals surface area contributed by atoms with Crippen molar-refractivity contribution in [2.24, 2.45) is 0 Å². The molecule has 0 radical (unpaired) electrons. The third kappa shape index (κ3) is 3.81. The number of ether oxygens (including phenoxy) is 1. The fourth-order valence-electron chi connectivity index (χ4n) is 3.20. The maximum atomic E-state index is 12.0. The van der Waals surface area contributed by atoms with Gasteiger partial charge < -0.3 is 10.1 Å². The molecule has 1 amide bonds. The van der Waals surface area contributed by atoms with Gasteiger partial charge in [0.1, 0.15) is 5.60 Å². The fourth-order valence-corrected chi connectivity index (χ4v) is 3.20. The number of nitrogens with one attached hydrogen (secondary N) is 1. The first-order valence-corrected chi connectivity index (χ1v) is 8.22. The molecule has 0 aliphatic heterocycles. The van der Waals surface area contributed by atoms with Crippen molar-refractivity contribution in [3.8, 4) is 0 Å². The highest BCUT2D eigenvalue weighted by Gasteiger charge is 2.28. The van der Waals surface area contributed by atoms with Crippen LogP contribution in [0.25, 0.3) is 5.52 Å². The minimum atomic E-state index is -0.470. The summed E-state index contributed by atoms with van der Waals surface area (Å²) in [6, 6.07) is 6.12. The SMILES string of the molecule is CC(C)(C)OC(=O)N[C@H]1CCC[C@@H](c2nnn3ccccc23)C1. The van der Waals surface area contributed by atoms with E-state index in [4.69, 9.17) is 4.74 Å². The number of hydrogen-bond donors (Lipinski definition) is 1. The van der Waals surface area contributed by atoms with Gasteiger partial charge in [-0.3, -0.25) is 0 Å². The molecule has 1 aliphatic carbocycles. The Morgan fingerprint density at radius 1 is 1.35 bits per heavy atom. The number of carbonyl (C=O) groups excluding carboxylic acids is 1. The molecule has 2 atom stereocenters. The highest BCUT2D eigenvalue weighted by atomic mass is 16.6. The summed E-state index contributed by atoms with van der Waals surface area (Å²) in [5.41, 5.74) is 1.61. The van der Waals surface area contributed by atoms with E-state index in [1.54, 1.807) is 4.52 Å². The van der Waals surface area contributed by atoms with Gasteiger partial charge in [0, 0.05) is 18.2 Å². The second-order valence-electron chi connectivity index (χ2n) is 7.21. The van der Waals surface area contributed by atoms with E-state index in [9.17, 15) is 4.79 Å². The smallest absolute Gasteiger partial charge is 0.407 e. The first kappa shape index (κ1) is 15.8. The van der Waals surface area contributed by atoms with Crippen LogP contribution in [0, 0.1) is 0 Å². The average Bonchev–Trinajstić information content (AvgIpc) is 2.89. The summed E-state index contributed by atoms with van der Waals surface area (Å²) >= 11 is 0. The van der Waals surface area contributed by atoms with E-state index in [1.807, 2.05) is 45.2 Å². The Bertz CT molecular complexity index is 689. The van der Waals surface area contributed by atoms with Gasteiger partial charge in [0.15, 0.2) is 0 Å². The molecule has 6 nitrogen and oxygen atoms in total. The standard InChI is InChI=1S/C17H24N4O2/c1-17(2,3)23-16(22)18-13-8-6-7-12(11-13)15-14-9-4-5-10-21(14)20-19-15/h4-5,9-10,12-13H,6-8,11H2,1-3H3,(H,18,22)/t12-,13+/m1/s1. The quantitative estimate of drug-likeness (QED) is 0.923. The van der Waals surface area contributed by atoms with Gasteiger partial charge in [0.25, 0.3) is 0 Å². The number of fused-ring (bicyclic) bond motifs is 1. The van der Waals surface area contributed by atoms with Crippen LogP contribution in [-0.4, -0.2) is 32.6 Å². The molecule has 1 saturated carbocycles. The predicted molar refractivity (Wildman–Crippen MR) is 87.4 cm³/mol. The fraction of sp³-hybridized carbons (Fsp3) is 0.588. The van der Waals surface area contributed by atoms with E-state index < -0.39 is 5.60 Å². The topological polar surface area (TPSA) is 68.5 Å². The lowest BCUT2D eigenvalue weighted by atomic mass is 9.83. The molecule has 1 N–H and O–H groups in total. The van der Waals surface area contributed by atoms with Gasteiger partial charge in [-0.05, 0) is 52.2 Å². The van der Waals surface area contributed by atoms with Crippen molar-refractivity contribution in [3.05, 3.63) is 30.1 Å². The minimum Gasteiger partial charge on any atom is -0.444 e. The lowest BCUT2D eigenvalue weighted by molar-refractivity contribution is 0.0490. The van der Waals surface area contributed by atoms with Crippen molar-refractivity contribution >= 4 is 11.6 Å². The Balaban J connectivity index is 1.68. The van der Waals surface area contributed by atoms with Crippen LogP contribution in [0.5, 0.6) is 0 Å². The van der Waals surface area contributed by atoms with E-state index in [-0.39, 0.29) is 12.1 Å². The molecule has 0 unspecified atom stereocenters. The summed E-state index contributed by atoms with van der Waals surface area (Å²) in [7, 11) is 0. The largest absolute Gasteiger partial charge is 0.444 e. The molecule has 23 heavy (non-hydrogen) atoms. The van der Waals surface area contributed by atoms with Crippen molar-refractivity contribution in [2.75, 3.05) is 0 Å². The Labute approximate surface area is 136 Å². The number of pyridine rings is 1. The molecule has 3 rings (SSSR count). The van der Waals surface area contributed by atoms with E-state index in [2.05, 4.69) is 15.6 Å². The second kappa shape index (κ2) is 6.18. The number of carbonyl (C=O) groups is 1. The predicted octanol–water partition coefficient (Wildman–Crippen LogP) is 3.28. The van der Waals surface area contributed by atoms with E-state index >= 15 is 0 Å². The first-order valence-electron chi connectivity index (χ1n) is 8.22. The number of rotatable bonds is 2. The van der Waals surface area contributed by atoms with Crippen LogP contribution in [0.15, 0.2) is 24.4 Å². The summed E-state index contributed by atoms with van der Waals surface area (Å²) in [6.07, 6.45) is 5.57. The average molecular weight is 316 g/mol. The molecule has 6 heteroatoms. The molecule has 1 fully saturated rings. The van der Waals surface area contributed by atoms with E-state index in [0.29, 0.717) is 5.92 Å². The zero-order chi connectivity index (χ0) is 16.4. The molecule has 0 aromatic carbocycles. The van der Waals surface area contributed by atoms with Crippen molar-refractivity contribution in [3.63, 3.8) is 0 Å². The van der Waals surface area contributed by atoms with Crippen LogP contribution >= 0.6 is 0 Å². The molecule has 1 aliphatic rings. The van der Waals surface area contributed by atoms with Crippen molar-refractivity contribution in [1.29, 1.82) is 0 Å². The summed E-state index contributed by atoms with van der Waals surface area (Å²) < 4.78 is 7.16. The summed E-state index contributed by atoms with van der Waals surface area (Å²) in [4.78, 5) is 12.0. The minimum absolute atomic E-state index is 0.129. The summed E-state index contributed by atoms with van der Waals surface area (Å²) in [6.45, 7) is 5.62. The van der Waals surface area contributed by atoms with Crippen LogP contribution in [0.2, 0.25) is 0 Å². The Kier molecular flexibility index (Phi) is 4.24. The lowest BCUT2D eigenvalue weighted by Crippen LogP contribution is -2.41. The first-order chi connectivity index (χ1) is 10.9. The van der Waals surface area contributed by atoms with Crippen molar-refractivity contribution < 1.29 is 9.53 Å². The number of aromatic nitrogens is 3. The normalized spacial score (nSPS) is 22.0. The van der Waals surface area contributed by atoms with Crippen molar-refractivity contribution in [1.82, 2.24) is 20.1 Å². The van der Waals surface area contributed by atoms with Crippen LogP contribution < -0.4 is 5.32 Å². The zero-order valence-corrected chi connectivity index (χ0v) is 14.0. The molecular formula is C17H24N4O2. The molecule has 2 heterocycles. The maximum Gasteiger partial charge on any atom is 0.407 e. The second-order valence-corrected chi connectivity index (χ2v) is 7.21. The van der Waals surface area contributed by atoms with Gasteiger partial charge in [0.2, 0.25) is 0 Å². The molecule has 124 valence electrons. The van der Waals surface area contributed by atoms with Gasteiger partial charge in [-0.1, -0.05) is 17.7 Å². The Morgan fingerprint density at radius 3 is 2.96 bits per heavy atom. The highest BCUT2D eigenvalue weighted by molar-refractivity contribution is 5.68. The van der Waals surface area contributed by atoms with Gasteiger partial charge in [0.05, 0.1) is 11.2 Å². The van der Waals surface area contributed by atoms with Gasteiger partial charge in [-0.25, -0.2) is 9.31 Å². The van der Waals surface area contributed by atoms with Crippen LogP contribution in [0.4, 0.5) is 4.79 Å². The number of alkyl carbamates (subject to hydrolysis) is 1. The maximum absolute atomic E-state index is 12.0. The Hall–Kier alpha value is -2.11. The summed E-state index contributed by atoms with van der Waals surface area (Å²) in [5, 5.41) is 11.5. The van der Waals surface area contributed by atoms with Crippen LogP contribution in [0.1, 0.15) is 58.1 Å². The molecule has 0 bridgehead atoms. The number of amides is 1. The summed E-state index contributed by atoms with van der Waals surface area (Å²) in [5.74, 6) is 0.323. The number of hydrogen-bond acceptors (Lipinski definition) is 4. The molecule has 2 aromatic rings. The Morgan fingerprint density at radius 2 is 2.17 bits per heavy atom. The molecule has 2 aromatic heterocycles. The van der Waals surface area contributed by atoms with Crippen molar-refractivity contribution in [2.45, 2.75) is 64.0 Å². The van der Waals surface area contributed by atoms with E-state index in [1.165, 1.54) is 0 Å². The third-order valence-electron chi connectivity index (χ3n) is 4.13. The number of nitrogens with zero attached hydrogens (tertiary/aromatic N) is 3. The molecule has 0 spiro atoms. The van der Waals surface area contributed by atoms with Gasteiger partial charge in [-0.2, -0.15) is 0 Å². The van der Waals surface area contributed by atoms with Crippen LogP contribution in [0.3, 0.4) is 0 Å². The van der Waals surface area contributed by atoms with Crippen LogP contribution in [-0.2, 0) is 4.74 Å².